The summed E-state index contributed by atoms with van der Waals surface area (Å²) >= 11 is 13.3. The van der Waals surface area contributed by atoms with Gasteiger partial charge in [0.2, 0.25) is 5.88 Å². The molecule has 23 heavy (non-hydrogen) atoms. The molecule has 0 saturated carbocycles. The van der Waals surface area contributed by atoms with Crippen molar-refractivity contribution in [3.63, 3.8) is 0 Å². The van der Waals surface area contributed by atoms with Crippen LogP contribution < -0.4 is 11.1 Å². The van der Waals surface area contributed by atoms with Crippen LogP contribution in [0.5, 0.6) is 0 Å². The van der Waals surface area contributed by atoms with Gasteiger partial charge in [-0.15, -0.1) is 11.3 Å². The van der Waals surface area contributed by atoms with E-state index in [4.69, 9.17) is 33.5 Å². The Balaban J connectivity index is 1.83. The number of nitrogens with one attached hydrogen (secondary N) is 1. The van der Waals surface area contributed by atoms with Crippen molar-refractivity contribution in [3.8, 4) is 10.6 Å². The Kier molecular flexibility index (Phi) is 4.56. The number of rotatable bonds is 4. The Labute approximate surface area is 146 Å². The second-order valence-electron chi connectivity index (χ2n) is 4.65. The summed E-state index contributed by atoms with van der Waals surface area (Å²) in [6.07, 6.45) is 0. The molecule has 8 heteroatoms. The third-order valence-corrected chi connectivity index (χ3v) is 4.76. The lowest BCUT2D eigenvalue weighted by Gasteiger charge is -2.06. The van der Waals surface area contributed by atoms with Crippen molar-refractivity contribution in [1.29, 1.82) is 0 Å². The van der Waals surface area contributed by atoms with Crippen molar-refractivity contribution in [2.75, 3.05) is 5.73 Å². The van der Waals surface area contributed by atoms with Crippen LogP contribution in [0.2, 0.25) is 9.36 Å². The summed E-state index contributed by atoms with van der Waals surface area (Å²) in [4.78, 5) is 13.2. The van der Waals surface area contributed by atoms with Crippen molar-refractivity contribution in [2.45, 2.75) is 6.54 Å². The molecule has 3 rings (SSSR count). The van der Waals surface area contributed by atoms with E-state index in [1.807, 2.05) is 18.2 Å². The molecule has 0 bridgehead atoms. The fraction of sp³-hybridized carbons (Fsp3) is 0.0667. The van der Waals surface area contributed by atoms with Crippen molar-refractivity contribution in [2.24, 2.45) is 0 Å². The topological polar surface area (TPSA) is 81.2 Å². The lowest BCUT2D eigenvalue weighted by Crippen LogP contribution is -2.24. The number of carbonyl (C=O) groups is 1. The molecular formula is C15H11Cl2N3O2S. The lowest BCUT2D eigenvalue weighted by molar-refractivity contribution is 0.0952. The summed E-state index contributed by atoms with van der Waals surface area (Å²) in [7, 11) is 0. The van der Waals surface area contributed by atoms with Gasteiger partial charge in [0.05, 0.1) is 9.21 Å². The number of nitrogens with zero attached hydrogens (tertiary/aromatic N) is 1. The summed E-state index contributed by atoms with van der Waals surface area (Å²) in [5, 5.41) is 7.21. The van der Waals surface area contributed by atoms with Crippen LogP contribution in [0, 0.1) is 0 Å². The fourth-order valence-electron chi connectivity index (χ4n) is 2.04. The Morgan fingerprint density at radius 2 is 2.04 bits per heavy atom. The molecule has 0 radical (unpaired) electrons. The van der Waals surface area contributed by atoms with Gasteiger partial charge in [0.1, 0.15) is 11.3 Å². The summed E-state index contributed by atoms with van der Waals surface area (Å²) in [5.41, 5.74) is 7.11. The van der Waals surface area contributed by atoms with Crippen LogP contribution in [0.15, 0.2) is 40.9 Å². The first-order valence-electron chi connectivity index (χ1n) is 6.58. The van der Waals surface area contributed by atoms with Crippen LogP contribution in [-0.4, -0.2) is 11.1 Å². The normalized spacial score (nSPS) is 10.7. The standard InChI is InChI=1S/C15H11Cl2N3O2S/c16-9-4-2-1-3-8(9)7-19-15(21)12-13(20-22-14(12)18)10-5-6-11(17)23-10/h1-6H,7,18H2,(H,19,21). The molecule has 118 valence electrons. The van der Waals surface area contributed by atoms with E-state index >= 15 is 0 Å². The number of hydrogen-bond acceptors (Lipinski definition) is 5. The minimum atomic E-state index is -0.386. The zero-order valence-corrected chi connectivity index (χ0v) is 14.0. The summed E-state index contributed by atoms with van der Waals surface area (Å²) in [6.45, 7) is 0.272. The van der Waals surface area contributed by atoms with E-state index in [2.05, 4.69) is 10.5 Å². The van der Waals surface area contributed by atoms with Gasteiger partial charge in [-0.1, -0.05) is 46.6 Å². The monoisotopic (exact) mass is 367 g/mol. The maximum Gasteiger partial charge on any atom is 0.259 e. The summed E-state index contributed by atoms with van der Waals surface area (Å²) in [6, 6.07) is 10.7. The van der Waals surface area contributed by atoms with E-state index in [0.717, 1.165) is 5.56 Å². The summed E-state index contributed by atoms with van der Waals surface area (Å²) in [5.74, 6) is -0.427. The highest BCUT2D eigenvalue weighted by Gasteiger charge is 2.23. The van der Waals surface area contributed by atoms with Crippen LogP contribution in [0.4, 0.5) is 5.88 Å². The van der Waals surface area contributed by atoms with E-state index in [1.54, 1.807) is 18.2 Å². The smallest absolute Gasteiger partial charge is 0.259 e. The predicted molar refractivity (Wildman–Crippen MR) is 91.9 cm³/mol. The molecule has 2 heterocycles. The second kappa shape index (κ2) is 6.62. The Bertz CT molecular complexity index is 860. The molecule has 0 unspecified atom stereocenters. The number of hydrogen-bond donors (Lipinski definition) is 2. The van der Waals surface area contributed by atoms with Crippen LogP contribution >= 0.6 is 34.5 Å². The Morgan fingerprint density at radius 1 is 1.26 bits per heavy atom. The first kappa shape index (κ1) is 15.9. The van der Waals surface area contributed by atoms with Crippen LogP contribution in [-0.2, 0) is 6.54 Å². The second-order valence-corrected chi connectivity index (χ2v) is 6.77. The average molecular weight is 368 g/mol. The number of benzene rings is 1. The van der Waals surface area contributed by atoms with E-state index in [0.29, 0.717) is 19.9 Å². The molecule has 2 aromatic heterocycles. The number of nitrogens with two attached hydrogens (primary N) is 1. The predicted octanol–water partition coefficient (Wildman–Crippen LogP) is 4.22. The van der Waals surface area contributed by atoms with E-state index in [9.17, 15) is 4.79 Å². The molecule has 0 spiro atoms. The maximum atomic E-state index is 12.4. The molecule has 0 fully saturated rings. The lowest BCUT2D eigenvalue weighted by atomic mass is 10.1. The molecular weight excluding hydrogens is 357 g/mol. The summed E-state index contributed by atoms with van der Waals surface area (Å²) < 4.78 is 5.55. The quantitative estimate of drug-likeness (QED) is 0.722. The van der Waals surface area contributed by atoms with Gasteiger partial charge in [0.15, 0.2) is 0 Å². The zero-order chi connectivity index (χ0) is 16.4. The minimum Gasteiger partial charge on any atom is -0.367 e. The van der Waals surface area contributed by atoms with Gasteiger partial charge in [-0.05, 0) is 23.8 Å². The van der Waals surface area contributed by atoms with Gasteiger partial charge in [0, 0.05) is 11.6 Å². The van der Waals surface area contributed by atoms with Crippen LogP contribution in [0.25, 0.3) is 10.6 Å². The molecule has 1 amide bonds. The third-order valence-electron chi connectivity index (χ3n) is 3.15. The molecule has 0 aliphatic carbocycles. The fourth-order valence-corrected chi connectivity index (χ4v) is 3.27. The number of anilines is 1. The van der Waals surface area contributed by atoms with Gasteiger partial charge in [0.25, 0.3) is 5.91 Å². The van der Waals surface area contributed by atoms with Gasteiger partial charge >= 0.3 is 0 Å². The van der Waals surface area contributed by atoms with E-state index in [-0.39, 0.29) is 23.9 Å². The molecule has 0 saturated heterocycles. The largest absolute Gasteiger partial charge is 0.367 e. The number of amides is 1. The Hall–Kier alpha value is -2.02. The van der Waals surface area contributed by atoms with Crippen molar-refractivity contribution in [3.05, 3.63) is 56.9 Å². The molecule has 3 N–H and O–H groups in total. The number of nitrogen functional groups attached to an aromatic ring is 1. The van der Waals surface area contributed by atoms with Gasteiger partial charge in [-0.3, -0.25) is 4.79 Å². The highest BCUT2D eigenvalue weighted by Crippen LogP contribution is 2.34. The molecule has 5 nitrogen and oxygen atoms in total. The van der Waals surface area contributed by atoms with Gasteiger partial charge in [-0.2, -0.15) is 0 Å². The van der Waals surface area contributed by atoms with Crippen molar-refractivity contribution >= 4 is 46.3 Å². The van der Waals surface area contributed by atoms with Crippen LogP contribution in [0.1, 0.15) is 15.9 Å². The SMILES string of the molecule is Nc1onc(-c2ccc(Cl)s2)c1C(=O)NCc1ccccc1Cl. The van der Waals surface area contributed by atoms with Crippen molar-refractivity contribution < 1.29 is 9.32 Å². The number of halogens is 2. The number of aromatic nitrogens is 1. The molecule has 0 aliphatic rings. The average Bonchev–Trinajstić information content (AvgIpc) is 3.12. The number of thiophene rings is 1. The minimum absolute atomic E-state index is 0.0406. The van der Waals surface area contributed by atoms with E-state index in [1.165, 1.54) is 11.3 Å². The van der Waals surface area contributed by atoms with Gasteiger partial charge in [-0.25, -0.2) is 0 Å². The highest BCUT2D eigenvalue weighted by molar-refractivity contribution is 7.19. The van der Waals surface area contributed by atoms with Gasteiger partial charge < -0.3 is 15.6 Å². The first-order valence-corrected chi connectivity index (χ1v) is 8.16. The van der Waals surface area contributed by atoms with Crippen LogP contribution in [0.3, 0.4) is 0 Å². The zero-order valence-electron chi connectivity index (χ0n) is 11.7. The number of carbonyl (C=O) groups excluding carboxylic acids is 1. The van der Waals surface area contributed by atoms with E-state index < -0.39 is 0 Å². The molecule has 0 atom stereocenters. The molecule has 1 aromatic carbocycles. The van der Waals surface area contributed by atoms with Crippen molar-refractivity contribution in [1.82, 2.24) is 10.5 Å². The maximum absolute atomic E-state index is 12.4. The highest BCUT2D eigenvalue weighted by atomic mass is 35.5. The molecule has 0 aliphatic heterocycles. The molecule has 3 aromatic rings. The first-order chi connectivity index (χ1) is 11.1. The Morgan fingerprint density at radius 3 is 2.74 bits per heavy atom. The third kappa shape index (κ3) is 3.34.